The third-order valence-corrected chi connectivity index (χ3v) is 5.97. The first-order chi connectivity index (χ1) is 17.8. The highest BCUT2D eigenvalue weighted by Crippen LogP contribution is 2.38. The summed E-state index contributed by atoms with van der Waals surface area (Å²) in [6.45, 7) is 5.16. The number of carbonyl (C=O) groups excluding carboxylic acids is 1. The smallest absolute Gasteiger partial charge is 0.247 e. The van der Waals surface area contributed by atoms with Gasteiger partial charge in [0, 0.05) is 49.5 Å². The van der Waals surface area contributed by atoms with Crippen LogP contribution in [0.1, 0.15) is 0 Å². The molecule has 10 nitrogen and oxygen atoms in total. The number of hydrogen-bond donors (Lipinski definition) is 3. The van der Waals surface area contributed by atoms with Crippen molar-refractivity contribution in [2.45, 2.75) is 0 Å². The van der Waals surface area contributed by atoms with Gasteiger partial charge in [0.2, 0.25) is 11.9 Å². The van der Waals surface area contributed by atoms with Crippen LogP contribution in [-0.2, 0) is 4.79 Å². The fourth-order valence-corrected chi connectivity index (χ4v) is 4.00. The number of fused-ring (bicyclic) bond motifs is 1. The van der Waals surface area contributed by atoms with Crippen LogP contribution in [0.5, 0.6) is 5.75 Å². The van der Waals surface area contributed by atoms with Crippen LogP contribution in [0, 0.1) is 0 Å². The van der Waals surface area contributed by atoms with Gasteiger partial charge < -0.3 is 31.0 Å². The second kappa shape index (κ2) is 11.0. The average Bonchev–Trinajstić information content (AvgIpc) is 3.24. The largest absolute Gasteiger partial charge is 0.494 e. The summed E-state index contributed by atoms with van der Waals surface area (Å²) in [6.07, 6.45) is 4.77. The number of anilines is 4. The van der Waals surface area contributed by atoms with Crippen molar-refractivity contribution in [1.29, 1.82) is 0 Å². The van der Waals surface area contributed by atoms with E-state index in [4.69, 9.17) is 15.6 Å². The molecule has 0 aliphatic heterocycles. The van der Waals surface area contributed by atoms with E-state index in [-0.39, 0.29) is 5.91 Å². The maximum Gasteiger partial charge on any atom is 0.247 e. The molecule has 0 saturated heterocycles. The van der Waals surface area contributed by atoms with Gasteiger partial charge in [-0.05, 0) is 38.4 Å². The zero-order valence-corrected chi connectivity index (χ0v) is 21.5. The highest BCUT2D eigenvalue weighted by atomic mass is 16.5. The van der Waals surface area contributed by atoms with E-state index in [2.05, 4.69) is 32.0 Å². The molecule has 4 N–H and O–H groups in total. The van der Waals surface area contributed by atoms with Crippen molar-refractivity contribution in [3.8, 4) is 17.0 Å². The minimum Gasteiger partial charge on any atom is -0.494 e. The topological polar surface area (TPSA) is 114 Å². The minimum absolute atomic E-state index is 0.310. The van der Waals surface area contributed by atoms with Crippen molar-refractivity contribution in [2.24, 2.45) is 0 Å². The number of nitrogens with two attached hydrogens (primary N) is 1. The summed E-state index contributed by atoms with van der Waals surface area (Å²) < 4.78 is 7.27. The fraction of sp³-hybridized carbons (Fsp3) is 0.222. The molecule has 0 saturated carbocycles. The SMILES string of the molecule is C=CC(=O)Nc1cc(Nc2nccc(-c3cn(N)c4ccccc34)n2)c(OC)cc1N(C)CCN(C)C. The first kappa shape index (κ1) is 25.5. The molecule has 0 atom stereocenters. The predicted molar refractivity (Wildman–Crippen MR) is 150 cm³/mol. The molecule has 1 amide bonds. The molecule has 2 aromatic carbocycles. The van der Waals surface area contributed by atoms with Crippen LogP contribution >= 0.6 is 0 Å². The molecule has 0 aliphatic rings. The van der Waals surface area contributed by atoms with Crippen molar-refractivity contribution >= 4 is 39.8 Å². The van der Waals surface area contributed by atoms with E-state index >= 15 is 0 Å². The lowest BCUT2D eigenvalue weighted by atomic mass is 10.1. The molecule has 0 aliphatic carbocycles. The molecule has 4 aromatic rings. The Morgan fingerprint density at radius 1 is 1.16 bits per heavy atom. The quantitative estimate of drug-likeness (QED) is 0.223. The Morgan fingerprint density at radius 3 is 2.68 bits per heavy atom. The lowest BCUT2D eigenvalue weighted by molar-refractivity contribution is -0.111. The van der Waals surface area contributed by atoms with Crippen LogP contribution < -0.4 is 26.1 Å². The van der Waals surface area contributed by atoms with E-state index in [0.29, 0.717) is 23.1 Å². The average molecular weight is 501 g/mol. The fourth-order valence-electron chi connectivity index (χ4n) is 4.00. The number of amides is 1. The molecule has 2 aromatic heterocycles. The molecule has 4 rings (SSSR count). The highest BCUT2D eigenvalue weighted by Gasteiger charge is 2.17. The number of nitrogen functional groups attached to an aromatic ring is 1. The van der Waals surface area contributed by atoms with Gasteiger partial charge in [0.15, 0.2) is 0 Å². The Morgan fingerprint density at radius 2 is 1.95 bits per heavy atom. The van der Waals surface area contributed by atoms with Crippen LogP contribution in [0.25, 0.3) is 22.2 Å². The second-order valence-electron chi connectivity index (χ2n) is 8.85. The molecule has 2 heterocycles. The van der Waals surface area contributed by atoms with E-state index in [1.807, 2.05) is 69.8 Å². The summed E-state index contributed by atoms with van der Waals surface area (Å²) in [4.78, 5) is 25.5. The van der Waals surface area contributed by atoms with Crippen LogP contribution in [-0.4, -0.2) is 66.8 Å². The van der Waals surface area contributed by atoms with Gasteiger partial charge in [0.1, 0.15) is 5.75 Å². The van der Waals surface area contributed by atoms with Crippen molar-refractivity contribution in [2.75, 3.05) is 62.7 Å². The number of nitrogens with one attached hydrogen (secondary N) is 2. The van der Waals surface area contributed by atoms with Crippen molar-refractivity contribution in [1.82, 2.24) is 19.5 Å². The zero-order valence-electron chi connectivity index (χ0n) is 21.5. The highest BCUT2D eigenvalue weighted by molar-refractivity contribution is 6.02. The molecule has 0 fully saturated rings. The first-order valence-corrected chi connectivity index (χ1v) is 11.8. The Balaban J connectivity index is 1.71. The number of rotatable bonds is 10. The van der Waals surface area contributed by atoms with Gasteiger partial charge in [-0.25, -0.2) is 9.97 Å². The number of likely N-dealkylation sites (N-methyl/N-ethyl adjacent to an activating group) is 2. The van der Waals surface area contributed by atoms with E-state index in [0.717, 1.165) is 40.9 Å². The third-order valence-electron chi connectivity index (χ3n) is 5.97. The van der Waals surface area contributed by atoms with Gasteiger partial charge >= 0.3 is 0 Å². The molecular formula is C27H32N8O2. The van der Waals surface area contributed by atoms with E-state index in [1.165, 1.54) is 6.08 Å². The molecule has 0 unspecified atom stereocenters. The Kier molecular flexibility index (Phi) is 7.59. The Bertz CT molecular complexity index is 1430. The van der Waals surface area contributed by atoms with E-state index < -0.39 is 0 Å². The van der Waals surface area contributed by atoms with Crippen molar-refractivity contribution < 1.29 is 9.53 Å². The number of carbonyl (C=O) groups is 1. The summed E-state index contributed by atoms with van der Waals surface area (Å²) in [5, 5.41) is 7.14. The predicted octanol–water partition coefficient (Wildman–Crippen LogP) is 3.69. The molecule has 37 heavy (non-hydrogen) atoms. The Labute approximate surface area is 216 Å². The molecule has 10 heteroatoms. The lowest BCUT2D eigenvalue weighted by Gasteiger charge is -2.26. The molecule has 192 valence electrons. The van der Waals surface area contributed by atoms with Gasteiger partial charge in [0.25, 0.3) is 0 Å². The molecular weight excluding hydrogens is 468 g/mol. The van der Waals surface area contributed by atoms with Gasteiger partial charge in [-0.2, -0.15) is 0 Å². The second-order valence-corrected chi connectivity index (χ2v) is 8.85. The summed E-state index contributed by atoms with van der Waals surface area (Å²) in [6, 6.07) is 13.4. The van der Waals surface area contributed by atoms with Crippen LogP contribution in [0.2, 0.25) is 0 Å². The zero-order chi connectivity index (χ0) is 26.5. The standard InChI is InChI=1S/C27H32N8O2/c1-6-26(36)30-21-15-22(25(37-5)16-24(21)34(4)14-13-33(2)3)32-27-29-12-11-20(31-27)19-17-35(28)23-10-8-7-9-18(19)23/h6-12,15-17H,1,13-14,28H2,2-5H3,(H,30,36)(H,29,31,32). The van der Waals surface area contributed by atoms with Gasteiger partial charge in [0.05, 0.1) is 35.4 Å². The molecule has 0 spiro atoms. The van der Waals surface area contributed by atoms with E-state index in [9.17, 15) is 4.79 Å². The summed E-state index contributed by atoms with van der Waals surface area (Å²) in [7, 11) is 7.59. The number of methoxy groups -OCH3 is 1. The summed E-state index contributed by atoms with van der Waals surface area (Å²) in [5.41, 5.74) is 4.54. The number of nitrogens with zero attached hydrogens (tertiary/aromatic N) is 5. The third kappa shape index (κ3) is 5.65. The molecule has 0 bridgehead atoms. The number of hydrogen-bond acceptors (Lipinski definition) is 8. The van der Waals surface area contributed by atoms with E-state index in [1.54, 1.807) is 18.0 Å². The first-order valence-electron chi connectivity index (χ1n) is 11.8. The number of ether oxygens (including phenoxy) is 1. The maximum atomic E-state index is 12.2. The van der Waals surface area contributed by atoms with Crippen LogP contribution in [0.15, 0.2) is 67.5 Å². The number of para-hydroxylation sites is 1. The Hall–Kier alpha value is -4.57. The van der Waals surface area contributed by atoms with Crippen LogP contribution in [0.3, 0.4) is 0 Å². The summed E-state index contributed by atoms with van der Waals surface area (Å²) >= 11 is 0. The molecule has 0 radical (unpaired) electrons. The van der Waals surface area contributed by atoms with Crippen molar-refractivity contribution in [3.63, 3.8) is 0 Å². The summed E-state index contributed by atoms with van der Waals surface area (Å²) in [5.74, 6) is 6.79. The monoisotopic (exact) mass is 500 g/mol. The lowest BCUT2D eigenvalue weighted by Crippen LogP contribution is -2.29. The van der Waals surface area contributed by atoms with Gasteiger partial charge in [-0.1, -0.05) is 24.8 Å². The van der Waals surface area contributed by atoms with Gasteiger partial charge in [-0.15, -0.1) is 0 Å². The number of benzene rings is 2. The normalized spacial score (nSPS) is 10.9. The van der Waals surface area contributed by atoms with Crippen molar-refractivity contribution in [3.05, 3.63) is 67.5 Å². The minimum atomic E-state index is -0.310. The van der Waals surface area contributed by atoms with Crippen LogP contribution in [0.4, 0.5) is 23.0 Å². The van der Waals surface area contributed by atoms with Gasteiger partial charge in [-0.3, -0.25) is 9.47 Å². The maximum absolute atomic E-state index is 12.2. The number of aromatic nitrogens is 3.